The minimum atomic E-state index is -0.0830. The van der Waals surface area contributed by atoms with Crippen LogP contribution >= 0.6 is 0 Å². The van der Waals surface area contributed by atoms with Crippen molar-refractivity contribution in [3.8, 4) is 5.75 Å². The molecule has 0 unspecified atom stereocenters. The first-order valence-corrected chi connectivity index (χ1v) is 6.63. The van der Waals surface area contributed by atoms with Gasteiger partial charge in [-0.1, -0.05) is 37.3 Å². The van der Waals surface area contributed by atoms with Crippen molar-refractivity contribution in [3.63, 3.8) is 0 Å². The predicted molar refractivity (Wildman–Crippen MR) is 79.2 cm³/mol. The second-order valence-corrected chi connectivity index (χ2v) is 4.78. The summed E-state index contributed by atoms with van der Waals surface area (Å²) >= 11 is 0. The number of fused-ring (bicyclic) bond motifs is 1. The SMILES string of the molecule is CCc1ccc(C(=O)c2c[nH]c3cccc(O)c23)cc1. The van der Waals surface area contributed by atoms with E-state index in [1.165, 1.54) is 5.56 Å². The van der Waals surface area contributed by atoms with Gasteiger partial charge in [-0.15, -0.1) is 0 Å². The third-order valence-corrected chi connectivity index (χ3v) is 3.55. The van der Waals surface area contributed by atoms with Crippen LogP contribution in [-0.4, -0.2) is 15.9 Å². The number of aromatic hydroxyl groups is 1. The Bertz CT molecular complexity index is 769. The lowest BCUT2D eigenvalue weighted by Crippen LogP contribution is -2.00. The summed E-state index contributed by atoms with van der Waals surface area (Å²) in [7, 11) is 0. The number of carbonyl (C=O) groups is 1. The number of aromatic nitrogens is 1. The molecule has 3 rings (SSSR count). The minimum Gasteiger partial charge on any atom is -0.507 e. The van der Waals surface area contributed by atoms with E-state index in [0.717, 1.165) is 11.9 Å². The molecule has 0 aliphatic heterocycles. The highest BCUT2D eigenvalue weighted by atomic mass is 16.3. The molecule has 2 N–H and O–H groups in total. The Balaban J connectivity index is 2.08. The number of ketones is 1. The van der Waals surface area contributed by atoms with E-state index in [0.29, 0.717) is 16.5 Å². The van der Waals surface area contributed by atoms with Crippen LogP contribution in [0.15, 0.2) is 48.7 Å². The molecule has 0 amide bonds. The normalized spacial score (nSPS) is 10.8. The molecule has 0 fully saturated rings. The Morgan fingerprint density at radius 1 is 1.15 bits per heavy atom. The molecule has 3 nitrogen and oxygen atoms in total. The molecule has 0 saturated carbocycles. The van der Waals surface area contributed by atoms with Crippen LogP contribution in [0, 0.1) is 0 Å². The summed E-state index contributed by atoms with van der Waals surface area (Å²) in [5.74, 6) is 0.0395. The van der Waals surface area contributed by atoms with Gasteiger partial charge >= 0.3 is 0 Å². The zero-order valence-electron chi connectivity index (χ0n) is 11.2. The molecule has 3 aromatic rings. The van der Waals surface area contributed by atoms with Gasteiger partial charge in [0.15, 0.2) is 5.78 Å². The molecule has 0 aliphatic rings. The fourth-order valence-corrected chi connectivity index (χ4v) is 2.39. The van der Waals surface area contributed by atoms with E-state index < -0.39 is 0 Å². The molecule has 0 saturated heterocycles. The largest absolute Gasteiger partial charge is 0.507 e. The minimum absolute atomic E-state index is 0.0830. The van der Waals surface area contributed by atoms with Crippen molar-refractivity contribution < 1.29 is 9.90 Å². The molecule has 0 atom stereocenters. The van der Waals surface area contributed by atoms with Crippen LogP contribution in [0.2, 0.25) is 0 Å². The average molecular weight is 265 g/mol. The quantitative estimate of drug-likeness (QED) is 0.710. The first kappa shape index (κ1) is 12.5. The summed E-state index contributed by atoms with van der Waals surface area (Å²) in [6, 6.07) is 12.8. The first-order chi connectivity index (χ1) is 9.70. The predicted octanol–water partition coefficient (Wildman–Crippen LogP) is 3.67. The van der Waals surface area contributed by atoms with E-state index in [-0.39, 0.29) is 11.5 Å². The molecule has 0 aliphatic carbocycles. The number of hydrogen-bond donors (Lipinski definition) is 2. The Morgan fingerprint density at radius 3 is 2.60 bits per heavy atom. The van der Waals surface area contributed by atoms with Crippen LogP contribution < -0.4 is 0 Å². The maximum atomic E-state index is 12.5. The maximum Gasteiger partial charge on any atom is 0.195 e. The standard InChI is InChI=1S/C17H15NO2/c1-2-11-6-8-12(9-7-11)17(20)13-10-18-14-4-3-5-15(19)16(13)14/h3-10,18-19H,2H2,1H3. The highest BCUT2D eigenvalue weighted by Gasteiger charge is 2.16. The molecule has 100 valence electrons. The van der Waals surface area contributed by atoms with Gasteiger partial charge in [0, 0.05) is 17.3 Å². The van der Waals surface area contributed by atoms with E-state index in [1.54, 1.807) is 18.3 Å². The number of aryl methyl sites for hydroxylation is 1. The Morgan fingerprint density at radius 2 is 1.90 bits per heavy atom. The summed E-state index contributed by atoms with van der Waals surface area (Å²) in [5, 5.41) is 10.5. The number of carbonyl (C=O) groups excluding carboxylic acids is 1. The van der Waals surface area contributed by atoms with Gasteiger partial charge in [0.25, 0.3) is 0 Å². The third-order valence-electron chi connectivity index (χ3n) is 3.55. The molecule has 20 heavy (non-hydrogen) atoms. The van der Waals surface area contributed by atoms with Crippen molar-refractivity contribution in [2.45, 2.75) is 13.3 Å². The number of H-pyrrole nitrogens is 1. The molecule has 1 aromatic heterocycles. The van der Waals surface area contributed by atoms with Crippen LogP contribution in [0.3, 0.4) is 0 Å². The van der Waals surface area contributed by atoms with Gasteiger partial charge in [-0.05, 0) is 24.1 Å². The number of phenolic OH excluding ortho intramolecular Hbond substituents is 1. The lowest BCUT2D eigenvalue weighted by Gasteiger charge is -2.02. The molecule has 3 heteroatoms. The van der Waals surface area contributed by atoms with Gasteiger partial charge in [0.05, 0.1) is 10.9 Å². The van der Waals surface area contributed by atoms with Gasteiger partial charge in [-0.25, -0.2) is 0 Å². The van der Waals surface area contributed by atoms with Gasteiger partial charge in [-0.2, -0.15) is 0 Å². The van der Waals surface area contributed by atoms with Crippen LogP contribution in [-0.2, 0) is 6.42 Å². The second-order valence-electron chi connectivity index (χ2n) is 4.78. The van der Waals surface area contributed by atoms with Crippen molar-refractivity contribution in [2.75, 3.05) is 0 Å². The lowest BCUT2D eigenvalue weighted by molar-refractivity contribution is 0.104. The number of benzene rings is 2. The summed E-state index contributed by atoms with van der Waals surface area (Å²) in [6.07, 6.45) is 2.60. The smallest absolute Gasteiger partial charge is 0.195 e. The Kier molecular flexibility index (Phi) is 3.03. The van der Waals surface area contributed by atoms with Gasteiger partial charge in [-0.3, -0.25) is 4.79 Å². The lowest BCUT2D eigenvalue weighted by atomic mass is 10.0. The summed E-state index contributed by atoms with van der Waals surface area (Å²) < 4.78 is 0. The summed E-state index contributed by atoms with van der Waals surface area (Å²) in [5.41, 5.74) is 3.09. The summed E-state index contributed by atoms with van der Waals surface area (Å²) in [4.78, 5) is 15.6. The topological polar surface area (TPSA) is 53.1 Å². The number of rotatable bonds is 3. The van der Waals surface area contributed by atoms with Crippen LogP contribution in [0.5, 0.6) is 5.75 Å². The van der Waals surface area contributed by atoms with Crippen molar-refractivity contribution in [1.29, 1.82) is 0 Å². The number of aromatic amines is 1. The molecule has 0 spiro atoms. The van der Waals surface area contributed by atoms with E-state index in [4.69, 9.17) is 0 Å². The Labute approximate surface area is 116 Å². The molecule has 0 radical (unpaired) electrons. The molecular formula is C17H15NO2. The van der Waals surface area contributed by atoms with Crippen molar-refractivity contribution in [3.05, 3.63) is 65.4 Å². The fraction of sp³-hybridized carbons (Fsp3) is 0.118. The summed E-state index contributed by atoms with van der Waals surface area (Å²) in [6.45, 7) is 2.08. The monoisotopic (exact) mass is 265 g/mol. The number of nitrogens with one attached hydrogen (secondary N) is 1. The van der Waals surface area contributed by atoms with Crippen molar-refractivity contribution in [1.82, 2.24) is 4.98 Å². The van der Waals surface area contributed by atoms with Crippen LogP contribution in [0.25, 0.3) is 10.9 Å². The van der Waals surface area contributed by atoms with Gasteiger partial charge in [0.1, 0.15) is 5.75 Å². The van der Waals surface area contributed by atoms with Crippen LogP contribution in [0.4, 0.5) is 0 Å². The first-order valence-electron chi connectivity index (χ1n) is 6.63. The van der Waals surface area contributed by atoms with Crippen molar-refractivity contribution in [2.24, 2.45) is 0 Å². The molecule has 0 bridgehead atoms. The second kappa shape index (κ2) is 4.85. The van der Waals surface area contributed by atoms with E-state index in [1.807, 2.05) is 30.3 Å². The maximum absolute atomic E-state index is 12.5. The third kappa shape index (κ3) is 1.97. The Hall–Kier alpha value is -2.55. The van der Waals surface area contributed by atoms with Crippen LogP contribution in [0.1, 0.15) is 28.4 Å². The molecule has 2 aromatic carbocycles. The van der Waals surface area contributed by atoms with E-state index >= 15 is 0 Å². The van der Waals surface area contributed by atoms with E-state index in [2.05, 4.69) is 11.9 Å². The van der Waals surface area contributed by atoms with Gasteiger partial charge in [0.2, 0.25) is 0 Å². The average Bonchev–Trinajstić information content (AvgIpc) is 2.92. The highest BCUT2D eigenvalue weighted by molar-refractivity contribution is 6.17. The van der Waals surface area contributed by atoms with Crippen molar-refractivity contribution >= 4 is 16.7 Å². The highest BCUT2D eigenvalue weighted by Crippen LogP contribution is 2.29. The zero-order valence-corrected chi connectivity index (χ0v) is 11.2. The molecular weight excluding hydrogens is 250 g/mol. The van der Waals surface area contributed by atoms with E-state index in [9.17, 15) is 9.90 Å². The fourth-order valence-electron chi connectivity index (χ4n) is 2.39. The zero-order chi connectivity index (χ0) is 14.1. The molecule has 1 heterocycles. The van der Waals surface area contributed by atoms with Gasteiger partial charge < -0.3 is 10.1 Å². The number of hydrogen-bond acceptors (Lipinski definition) is 2. The number of phenols is 1.